The summed E-state index contributed by atoms with van der Waals surface area (Å²) in [7, 11) is 1.57. The lowest BCUT2D eigenvalue weighted by Gasteiger charge is -2.31. The molecule has 1 saturated heterocycles. The molecule has 0 spiro atoms. The van der Waals surface area contributed by atoms with Crippen molar-refractivity contribution in [3.8, 4) is 0 Å². The molecule has 1 heterocycles. The molecule has 0 aliphatic carbocycles. The van der Waals surface area contributed by atoms with Gasteiger partial charge in [0, 0.05) is 26.2 Å². The molecule has 21 heavy (non-hydrogen) atoms. The summed E-state index contributed by atoms with van der Waals surface area (Å²) in [6, 6.07) is 0.383. The molecule has 1 fully saturated rings. The predicted molar refractivity (Wildman–Crippen MR) is 79.5 cm³/mol. The lowest BCUT2D eigenvalue weighted by atomic mass is 10.0. The Kier molecular flexibility index (Phi) is 7.28. The van der Waals surface area contributed by atoms with Gasteiger partial charge in [-0.3, -0.25) is 9.89 Å². The molecule has 1 unspecified atom stereocenters. The van der Waals surface area contributed by atoms with Crippen LogP contribution in [0.5, 0.6) is 0 Å². The first kappa shape index (κ1) is 18.1. The first-order valence-corrected chi connectivity index (χ1v) is 7.59. The fourth-order valence-corrected chi connectivity index (χ4v) is 2.60. The van der Waals surface area contributed by atoms with Gasteiger partial charge in [-0.25, -0.2) is 0 Å². The summed E-state index contributed by atoms with van der Waals surface area (Å²) in [5.41, 5.74) is 0. The Labute approximate surface area is 125 Å². The van der Waals surface area contributed by atoms with E-state index in [9.17, 15) is 13.2 Å². The number of guanidine groups is 1. The number of hydrogen-bond acceptors (Lipinski definition) is 2. The zero-order chi connectivity index (χ0) is 15.9. The highest BCUT2D eigenvalue weighted by atomic mass is 19.4. The number of rotatable bonds is 6. The second kappa shape index (κ2) is 8.46. The van der Waals surface area contributed by atoms with Crippen LogP contribution in [-0.4, -0.2) is 56.3 Å². The summed E-state index contributed by atoms with van der Waals surface area (Å²) in [6.45, 7) is 7.09. The third-order valence-electron chi connectivity index (χ3n) is 3.78. The van der Waals surface area contributed by atoms with E-state index in [0.717, 1.165) is 13.1 Å². The molecule has 0 aromatic heterocycles. The first-order chi connectivity index (χ1) is 9.83. The predicted octanol–water partition coefficient (Wildman–Crippen LogP) is 2.22. The SMILES string of the molecule is CN=C(NCCC(F)(F)F)NCC(C(C)C)N1CCCC1. The number of likely N-dealkylation sites (tertiary alicyclic amines) is 1. The fourth-order valence-electron chi connectivity index (χ4n) is 2.60. The molecule has 0 aromatic rings. The molecule has 0 amide bonds. The van der Waals surface area contributed by atoms with Crippen LogP contribution in [0.25, 0.3) is 0 Å². The first-order valence-electron chi connectivity index (χ1n) is 7.59. The highest BCUT2D eigenvalue weighted by Crippen LogP contribution is 2.18. The Morgan fingerprint density at radius 1 is 1.19 bits per heavy atom. The van der Waals surface area contributed by atoms with Crippen molar-refractivity contribution >= 4 is 5.96 Å². The molecule has 7 heteroatoms. The highest BCUT2D eigenvalue weighted by Gasteiger charge is 2.27. The van der Waals surface area contributed by atoms with Crippen molar-refractivity contribution in [2.45, 2.75) is 45.3 Å². The van der Waals surface area contributed by atoms with Crippen LogP contribution in [0.4, 0.5) is 13.2 Å². The van der Waals surface area contributed by atoms with Crippen molar-refractivity contribution in [3.63, 3.8) is 0 Å². The summed E-state index contributed by atoms with van der Waals surface area (Å²) >= 11 is 0. The average Bonchev–Trinajstić information content (AvgIpc) is 2.88. The van der Waals surface area contributed by atoms with Gasteiger partial charge in [-0.05, 0) is 31.8 Å². The van der Waals surface area contributed by atoms with Gasteiger partial charge in [0.25, 0.3) is 0 Å². The van der Waals surface area contributed by atoms with Crippen LogP contribution in [0.2, 0.25) is 0 Å². The Hall–Kier alpha value is -0.980. The summed E-state index contributed by atoms with van der Waals surface area (Å²) < 4.78 is 36.4. The van der Waals surface area contributed by atoms with Crippen molar-refractivity contribution in [3.05, 3.63) is 0 Å². The molecule has 1 aliphatic heterocycles. The third kappa shape index (κ3) is 7.02. The third-order valence-corrected chi connectivity index (χ3v) is 3.78. The van der Waals surface area contributed by atoms with Crippen molar-refractivity contribution in [1.29, 1.82) is 0 Å². The normalized spacial score (nSPS) is 19.1. The number of nitrogens with one attached hydrogen (secondary N) is 2. The Balaban J connectivity index is 2.38. The molecule has 0 aromatic carbocycles. The maximum Gasteiger partial charge on any atom is 0.390 e. The minimum atomic E-state index is -4.14. The molecule has 0 bridgehead atoms. The van der Waals surface area contributed by atoms with Crippen molar-refractivity contribution in [2.24, 2.45) is 10.9 Å². The van der Waals surface area contributed by atoms with Gasteiger partial charge in [-0.15, -0.1) is 0 Å². The van der Waals surface area contributed by atoms with Gasteiger partial charge in [0.15, 0.2) is 5.96 Å². The van der Waals surface area contributed by atoms with Gasteiger partial charge in [-0.1, -0.05) is 13.8 Å². The smallest absolute Gasteiger partial charge is 0.356 e. The zero-order valence-corrected chi connectivity index (χ0v) is 13.1. The molecule has 124 valence electrons. The van der Waals surface area contributed by atoms with Gasteiger partial charge >= 0.3 is 6.18 Å². The lowest BCUT2D eigenvalue weighted by Crippen LogP contribution is -2.48. The standard InChI is InChI=1S/C14H27F3N4/c1-11(2)12(21-8-4-5-9-21)10-20-13(18-3)19-7-6-14(15,16)17/h11-12H,4-10H2,1-3H3,(H2,18,19,20). The minimum Gasteiger partial charge on any atom is -0.356 e. The maximum absolute atomic E-state index is 12.1. The second-order valence-electron chi connectivity index (χ2n) is 5.80. The number of aliphatic imine (C=N–C) groups is 1. The number of nitrogens with zero attached hydrogens (tertiary/aromatic N) is 2. The quantitative estimate of drug-likeness (QED) is 0.584. The van der Waals surface area contributed by atoms with Crippen molar-refractivity contribution < 1.29 is 13.2 Å². The summed E-state index contributed by atoms with van der Waals surface area (Å²) in [5.74, 6) is 0.924. The van der Waals surface area contributed by atoms with Crippen LogP contribution < -0.4 is 10.6 Å². The number of halogens is 3. The van der Waals surface area contributed by atoms with E-state index in [4.69, 9.17) is 0 Å². The van der Waals surface area contributed by atoms with E-state index in [1.807, 2.05) is 0 Å². The molecule has 0 radical (unpaired) electrons. The summed E-state index contributed by atoms with van der Waals surface area (Å²) in [6.07, 6.45) is -2.54. The van der Waals surface area contributed by atoms with E-state index in [1.165, 1.54) is 12.8 Å². The van der Waals surface area contributed by atoms with Gasteiger partial charge in [0.05, 0.1) is 6.42 Å². The van der Waals surface area contributed by atoms with Crippen LogP contribution in [0.3, 0.4) is 0 Å². The van der Waals surface area contributed by atoms with Gasteiger partial charge in [0.2, 0.25) is 0 Å². The Morgan fingerprint density at radius 3 is 2.29 bits per heavy atom. The van der Waals surface area contributed by atoms with Gasteiger partial charge < -0.3 is 10.6 Å². The van der Waals surface area contributed by atoms with Gasteiger partial charge in [0.1, 0.15) is 0 Å². The molecule has 4 nitrogen and oxygen atoms in total. The monoisotopic (exact) mass is 308 g/mol. The fraction of sp³-hybridized carbons (Fsp3) is 0.929. The molecule has 1 rings (SSSR count). The van der Waals surface area contributed by atoms with E-state index >= 15 is 0 Å². The average molecular weight is 308 g/mol. The van der Waals surface area contributed by atoms with Crippen LogP contribution in [0.1, 0.15) is 33.1 Å². The zero-order valence-electron chi connectivity index (χ0n) is 13.1. The Bertz CT molecular complexity index is 323. The number of alkyl halides is 3. The Morgan fingerprint density at radius 2 is 1.81 bits per heavy atom. The summed E-state index contributed by atoms with van der Waals surface area (Å²) in [5, 5.41) is 5.86. The van der Waals surface area contributed by atoms with E-state index < -0.39 is 12.6 Å². The largest absolute Gasteiger partial charge is 0.390 e. The molecule has 1 atom stereocenters. The van der Waals surface area contributed by atoms with Gasteiger partial charge in [-0.2, -0.15) is 13.2 Å². The topological polar surface area (TPSA) is 39.7 Å². The van der Waals surface area contributed by atoms with Crippen molar-refractivity contribution in [1.82, 2.24) is 15.5 Å². The highest BCUT2D eigenvalue weighted by molar-refractivity contribution is 5.79. The molecule has 1 aliphatic rings. The molecule has 0 saturated carbocycles. The van der Waals surface area contributed by atoms with Crippen LogP contribution >= 0.6 is 0 Å². The molecular weight excluding hydrogens is 281 g/mol. The number of hydrogen-bond donors (Lipinski definition) is 2. The molecular formula is C14H27F3N4. The summed E-state index contributed by atoms with van der Waals surface area (Å²) in [4.78, 5) is 6.42. The van der Waals surface area contributed by atoms with Crippen molar-refractivity contribution in [2.75, 3.05) is 33.2 Å². The molecule has 2 N–H and O–H groups in total. The van der Waals surface area contributed by atoms with Crippen LogP contribution in [0, 0.1) is 5.92 Å². The maximum atomic E-state index is 12.1. The van der Waals surface area contributed by atoms with E-state index in [2.05, 4.69) is 34.4 Å². The van der Waals surface area contributed by atoms with Crippen LogP contribution in [0.15, 0.2) is 4.99 Å². The van der Waals surface area contributed by atoms with E-state index in [-0.39, 0.29) is 6.54 Å². The minimum absolute atomic E-state index is 0.154. The van der Waals surface area contributed by atoms with Crippen LogP contribution in [-0.2, 0) is 0 Å². The lowest BCUT2D eigenvalue weighted by molar-refractivity contribution is -0.132. The van der Waals surface area contributed by atoms with E-state index in [1.54, 1.807) is 7.05 Å². The van der Waals surface area contributed by atoms with E-state index in [0.29, 0.717) is 24.5 Å². The second-order valence-corrected chi connectivity index (χ2v) is 5.80.